The number of anilines is 3. The highest BCUT2D eigenvalue weighted by Gasteiger charge is 2.08. The molecule has 0 bridgehead atoms. The third-order valence-electron chi connectivity index (χ3n) is 3.68. The predicted molar refractivity (Wildman–Crippen MR) is 109 cm³/mol. The molecule has 144 valence electrons. The van der Waals surface area contributed by atoms with Gasteiger partial charge in [-0.1, -0.05) is 26.0 Å². The number of carbonyl (C=O) groups excluding carboxylic acids is 2. The van der Waals surface area contributed by atoms with E-state index in [1.807, 2.05) is 63.2 Å². The molecule has 6 nitrogen and oxygen atoms in total. The van der Waals surface area contributed by atoms with Gasteiger partial charge in [-0.25, -0.2) is 0 Å². The Kier molecular flexibility index (Phi) is 7.67. The van der Waals surface area contributed by atoms with Crippen LogP contribution in [-0.2, 0) is 9.59 Å². The number of benzene rings is 2. The third kappa shape index (κ3) is 7.01. The zero-order chi connectivity index (χ0) is 19.6. The molecule has 0 aromatic heterocycles. The molecule has 27 heavy (non-hydrogen) atoms. The topological polar surface area (TPSA) is 79.5 Å². The number of rotatable bonds is 9. The molecule has 0 heterocycles. The molecule has 2 amide bonds. The van der Waals surface area contributed by atoms with Crippen molar-refractivity contribution in [1.29, 1.82) is 0 Å². The lowest BCUT2D eigenvalue weighted by atomic mass is 10.1. The van der Waals surface area contributed by atoms with Crippen LogP contribution in [-0.4, -0.2) is 25.0 Å². The van der Waals surface area contributed by atoms with E-state index < -0.39 is 0 Å². The summed E-state index contributed by atoms with van der Waals surface area (Å²) in [7, 11) is 0. The normalized spacial score (nSPS) is 10.4. The molecule has 0 unspecified atom stereocenters. The SMILES string of the molecule is CCOc1ccccc1NC(=O)CNc1ccc(NC(=O)CC(C)C)cc1. The summed E-state index contributed by atoms with van der Waals surface area (Å²) in [4.78, 5) is 24.0. The summed E-state index contributed by atoms with van der Waals surface area (Å²) in [6, 6.07) is 14.6. The Morgan fingerprint density at radius 3 is 2.26 bits per heavy atom. The Hall–Kier alpha value is -3.02. The zero-order valence-corrected chi connectivity index (χ0v) is 16.0. The Morgan fingerprint density at radius 2 is 1.59 bits per heavy atom. The van der Waals surface area contributed by atoms with Crippen molar-refractivity contribution in [3.63, 3.8) is 0 Å². The fraction of sp³-hybridized carbons (Fsp3) is 0.333. The van der Waals surface area contributed by atoms with Crippen molar-refractivity contribution >= 4 is 28.9 Å². The second-order valence-corrected chi connectivity index (χ2v) is 6.55. The summed E-state index contributed by atoms with van der Waals surface area (Å²) in [5.74, 6) is 0.793. The average molecular weight is 369 g/mol. The van der Waals surface area contributed by atoms with Crippen molar-refractivity contribution in [1.82, 2.24) is 0 Å². The van der Waals surface area contributed by atoms with E-state index in [0.29, 0.717) is 30.4 Å². The van der Waals surface area contributed by atoms with Crippen LogP contribution in [0.1, 0.15) is 27.2 Å². The van der Waals surface area contributed by atoms with Gasteiger partial charge in [0.15, 0.2) is 0 Å². The quantitative estimate of drug-likeness (QED) is 0.621. The molecule has 0 aliphatic heterocycles. The molecule has 2 rings (SSSR count). The van der Waals surface area contributed by atoms with E-state index >= 15 is 0 Å². The monoisotopic (exact) mass is 369 g/mol. The van der Waals surface area contributed by atoms with Gasteiger partial charge in [0.1, 0.15) is 5.75 Å². The largest absolute Gasteiger partial charge is 0.492 e. The molecule has 0 aliphatic carbocycles. The first-order valence-electron chi connectivity index (χ1n) is 9.13. The van der Waals surface area contributed by atoms with E-state index in [0.717, 1.165) is 11.4 Å². The summed E-state index contributed by atoms with van der Waals surface area (Å²) < 4.78 is 5.50. The van der Waals surface area contributed by atoms with Crippen molar-refractivity contribution < 1.29 is 14.3 Å². The molecule has 6 heteroatoms. The smallest absolute Gasteiger partial charge is 0.243 e. The molecule has 3 N–H and O–H groups in total. The minimum Gasteiger partial charge on any atom is -0.492 e. The van der Waals surface area contributed by atoms with Gasteiger partial charge < -0.3 is 20.7 Å². The average Bonchev–Trinajstić information content (AvgIpc) is 2.62. The van der Waals surface area contributed by atoms with Gasteiger partial charge in [-0.05, 0) is 49.2 Å². The van der Waals surface area contributed by atoms with Gasteiger partial charge in [-0.2, -0.15) is 0 Å². The van der Waals surface area contributed by atoms with Gasteiger partial charge in [0.25, 0.3) is 0 Å². The summed E-state index contributed by atoms with van der Waals surface area (Å²) in [5, 5.41) is 8.76. The van der Waals surface area contributed by atoms with Gasteiger partial charge in [-0.3, -0.25) is 9.59 Å². The van der Waals surface area contributed by atoms with Gasteiger partial charge in [0, 0.05) is 17.8 Å². The molecule has 2 aromatic carbocycles. The first-order valence-corrected chi connectivity index (χ1v) is 9.13. The summed E-state index contributed by atoms with van der Waals surface area (Å²) in [5.41, 5.74) is 2.18. The van der Waals surface area contributed by atoms with Crippen molar-refractivity contribution in [2.75, 3.05) is 29.1 Å². The number of hydrogen-bond acceptors (Lipinski definition) is 4. The fourth-order valence-corrected chi connectivity index (χ4v) is 2.48. The van der Waals surface area contributed by atoms with Crippen LogP contribution in [0.15, 0.2) is 48.5 Å². The lowest BCUT2D eigenvalue weighted by Gasteiger charge is -2.12. The molecule has 0 saturated heterocycles. The van der Waals surface area contributed by atoms with Crippen LogP contribution in [0.2, 0.25) is 0 Å². The van der Waals surface area contributed by atoms with Gasteiger partial charge in [-0.15, -0.1) is 0 Å². The van der Waals surface area contributed by atoms with Crippen molar-refractivity contribution in [3.05, 3.63) is 48.5 Å². The summed E-state index contributed by atoms with van der Waals surface area (Å²) in [6.07, 6.45) is 0.489. The number of nitrogens with one attached hydrogen (secondary N) is 3. The van der Waals surface area contributed by atoms with Crippen LogP contribution in [0.4, 0.5) is 17.1 Å². The van der Waals surface area contributed by atoms with E-state index in [1.54, 1.807) is 6.07 Å². The molecule has 0 saturated carbocycles. The van der Waals surface area contributed by atoms with Crippen LogP contribution in [0.25, 0.3) is 0 Å². The molecule has 0 spiro atoms. The van der Waals surface area contributed by atoms with E-state index in [9.17, 15) is 9.59 Å². The Balaban J connectivity index is 1.84. The van der Waals surface area contributed by atoms with Crippen LogP contribution >= 0.6 is 0 Å². The Bertz CT molecular complexity index is 758. The van der Waals surface area contributed by atoms with Crippen LogP contribution in [0.5, 0.6) is 5.75 Å². The van der Waals surface area contributed by atoms with E-state index in [-0.39, 0.29) is 18.4 Å². The maximum absolute atomic E-state index is 12.2. The highest BCUT2D eigenvalue weighted by Crippen LogP contribution is 2.23. The second-order valence-electron chi connectivity index (χ2n) is 6.55. The number of hydrogen-bond donors (Lipinski definition) is 3. The lowest BCUT2D eigenvalue weighted by Crippen LogP contribution is -2.22. The number of ether oxygens (including phenoxy) is 1. The van der Waals surface area contributed by atoms with Gasteiger partial charge in [0.2, 0.25) is 11.8 Å². The van der Waals surface area contributed by atoms with Gasteiger partial charge in [0.05, 0.1) is 18.8 Å². The van der Waals surface area contributed by atoms with Crippen molar-refractivity contribution in [2.45, 2.75) is 27.2 Å². The standard InChI is InChI=1S/C21H27N3O3/c1-4-27-19-8-6-5-7-18(19)24-21(26)14-22-16-9-11-17(12-10-16)23-20(25)13-15(2)3/h5-12,15,22H,4,13-14H2,1-3H3,(H,23,25)(H,24,26). The van der Waals surface area contributed by atoms with Gasteiger partial charge >= 0.3 is 0 Å². The molecule has 0 fully saturated rings. The number of para-hydroxylation sites is 2. The highest BCUT2D eigenvalue weighted by molar-refractivity contribution is 5.95. The number of carbonyl (C=O) groups is 2. The van der Waals surface area contributed by atoms with Crippen molar-refractivity contribution in [3.8, 4) is 5.75 Å². The van der Waals surface area contributed by atoms with Crippen LogP contribution in [0, 0.1) is 5.92 Å². The molecular formula is C21H27N3O3. The molecule has 0 aliphatic rings. The molecule has 2 aromatic rings. The Morgan fingerprint density at radius 1 is 0.926 bits per heavy atom. The molecule has 0 radical (unpaired) electrons. The minimum absolute atomic E-state index is 0.00181. The summed E-state index contributed by atoms with van der Waals surface area (Å²) >= 11 is 0. The highest BCUT2D eigenvalue weighted by atomic mass is 16.5. The maximum atomic E-state index is 12.2. The third-order valence-corrected chi connectivity index (χ3v) is 3.68. The Labute approximate surface area is 160 Å². The summed E-state index contributed by atoms with van der Waals surface area (Å²) in [6.45, 7) is 6.56. The molecular weight excluding hydrogens is 342 g/mol. The van der Waals surface area contributed by atoms with E-state index in [4.69, 9.17) is 4.74 Å². The lowest BCUT2D eigenvalue weighted by molar-refractivity contribution is -0.117. The fourth-order valence-electron chi connectivity index (χ4n) is 2.48. The number of amides is 2. The first kappa shape index (κ1) is 20.3. The second kappa shape index (κ2) is 10.2. The van der Waals surface area contributed by atoms with Crippen LogP contribution < -0.4 is 20.7 Å². The minimum atomic E-state index is -0.170. The first-order chi connectivity index (χ1) is 13.0. The molecule has 0 atom stereocenters. The van der Waals surface area contributed by atoms with E-state index in [2.05, 4.69) is 16.0 Å². The maximum Gasteiger partial charge on any atom is 0.243 e. The van der Waals surface area contributed by atoms with E-state index in [1.165, 1.54) is 0 Å². The zero-order valence-electron chi connectivity index (χ0n) is 16.0. The van der Waals surface area contributed by atoms with Crippen LogP contribution in [0.3, 0.4) is 0 Å². The van der Waals surface area contributed by atoms with Crippen molar-refractivity contribution in [2.24, 2.45) is 5.92 Å². The predicted octanol–water partition coefficient (Wildman–Crippen LogP) is 4.12.